The molecule has 1 saturated heterocycles. The number of aromatic nitrogens is 2. The van der Waals surface area contributed by atoms with Crippen LogP contribution in [-0.4, -0.2) is 46.6 Å². The van der Waals surface area contributed by atoms with Crippen molar-refractivity contribution in [1.29, 1.82) is 0 Å². The Kier molecular flexibility index (Phi) is 4.34. The number of H-pyrrole nitrogens is 2. The Morgan fingerprint density at radius 1 is 1.25 bits per heavy atom. The van der Waals surface area contributed by atoms with Crippen molar-refractivity contribution in [3.05, 3.63) is 42.7 Å². The molecule has 5 heteroatoms. The maximum atomic E-state index is 4.78. The van der Waals surface area contributed by atoms with Gasteiger partial charge in [-0.3, -0.25) is 4.99 Å². The van der Waals surface area contributed by atoms with Gasteiger partial charge >= 0.3 is 0 Å². The molecule has 0 bridgehead atoms. The van der Waals surface area contributed by atoms with Gasteiger partial charge in [-0.25, -0.2) is 0 Å². The van der Waals surface area contributed by atoms with Crippen molar-refractivity contribution in [2.75, 3.05) is 25.9 Å². The Labute approximate surface area is 146 Å². The summed E-state index contributed by atoms with van der Waals surface area (Å²) in [6, 6.07) is 10.6. The molecule has 1 aliphatic heterocycles. The number of hydrogen-bond acceptors (Lipinski definition) is 2. The molecule has 3 aromatic rings. The highest BCUT2D eigenvalue weighted by Gasteiger charge is 2.15. The predicted octanol–water partition coefficient (Wildman–Crippen LogP) is 4.38. The zero-order valence-electron chi connectivity index (χ0n) is 13.9. The Balaban J connectivity index is 1.55. The molecule has 4 rings (SSSR count). The fraction of sp³-hybridized carbons (Fsp3) is 0.316. The van der Waals surface area contributed by atoms with Crippen molar-refractivity contribution in [3.63, 3.8) is 0 Å². The van der Waals surface area contributed by atoms with Gasteiger partial charge in [0.2, 0.25) is 0 Å². The van der Waals surface area contributed by atoms with Crippen LogP contribution in [0.25, 0.3) is 22.2 Å². The van der Waals surface area contributed by atoms with E-state index in [1.54, 1.807) is 0 Å². The highest BCUT2D eigenvalue weighted by molar-refractivity contribution is 7.99. The second-order valence-electron chi connectivity index (χ2n) is 6.15. The van der Waals surface area contributed by atoms with Gasteiger partial charge in [0.05, 0.1) is 18.1 Å². The topological polar surface area (TPSA) is 47.2 Å². The number of thioether (sulfide) groups is 1. The van der Waals surface area contributed by atoms with Gasteiger partial charge in [0.1, 0.15) is 0 Å². The molecule has 2 aromatic heterocycles. The number of hydrogen-bond donors (Lipinski definition) is 2. The molecule has 0 radical (unpaired) electrons. The summed E-state index contributed by atoms with van der Waals surface area (Å²) in [5.41, 5.74) is 3.60. The summed E-state index contributed by atoms with van der Waals surface area (Å²) in [4.78, 5) is 15.1. The van der Waals surface area contributed by atoms with E-state index in [1.807, 2.05) is 24.2 Å². The van der Waals surface area contributed by atoms with Crippen LogP contribution in [0.5, 0.6) is 0 Å². The monoisotopic (exact) mass is 338 g/mol. The second kappa shape index (κ2) is 6.77. The third kappa shape index (κ3) is 2.96. The van der Waals surface area contributed by atoms with Gasteiger partial charge in [-0.1, -0.05) is 18.2 Å². The number of para-hydroxylation sites is 1. The van der Waals surface area contributed by atoms with Crippen LogP contribution in [0, 0.1) is 0 Å². The number of amidine groups is 1. The minimum absolute atomic E-state index is 0.871. The number of nitrogens with zero attached hydrogens (tertiary/aromatic N) is 2. The summed E-state index contributed by atoms with van der Waals surface area (Å²) < 4.78 is 0. The molecule has 0 spiro atoms. The first kappa shape index (κ1) is 15.4. The summed E-state index contributed by atoms with van der Waals surface area (Å²) in [5, 5.41) is 1.30. The molecule has 1 fully saturated rings. The fourth-order valence-electron chi connectivity index (χ4n) is 3.27. The molecule has 1 aromatic carbocycles. The molecular formula is C19H22N4S. The lowest BCUT2D eigenvalue weighted by Gasteiger charge is -2.10. The van der Waals surface area contributed by atoms with Crippen LogP contribution in [0.3, 0.4) is 0 Å². The molecule has 3 heterocycles. The fourth-order valence-corrected chi connectivity index (χ4v) is 4.30. The molecule has 0 aliphatic carbocycles. The van der Waals surface area contributed by atoms with Crippen LogP contribution in [0.4, 0.5) is 0 Å². The number of benzene rings is 1. The Morgan fingerprint density at radius 2 is 2.17 bits per heavy atom. The quantitative estimate of drug-likeness (QED) is 0.536. The smallest absolute Gasteiger partial charge is 0.0987 e. The van der Waals surface area contributed by atoms with Crippen molar-refractivity contribution in [2.24, 2.45) is 4.99 Å². The van der Waals surface area contributed by atoms with E-state index in [1.165, 1.54) is 39.3 Å². The van der Waals surface area contributed by atoms with Gasteiger partial charge in [-0.2, -0.15) is 0 Å². The van der Waals surface area contributed by atoms with Crippen LogP contribution < -0.4 is 0 Å². The third-order valence-corrected chi connectivity index (χ3v) is 5.61. The Bertz CT molecular complexity index is 848. The molecule has 2 N–H and O–H groups in total. The maximum absolute atomic E-state index is 4.78. The molecular weight excluding hydrogens is 316 g/mol. The third-order valence-electron chi connectivity index (χ3n) is 4.51. The van der Waals surface area contributed by atoms with E-state index in [9.17, 15) is 0 Å². The van der Waals surface area contributed by atoms with Crippen LogP contribution in [-0.2, 0) is 0 Å². The summed E-state index contributed by atoms with van der Waals surface area (Å²) >= 11 is 1.90. The normalized spacial score (nSPS) is 16.5. The highest BCUT2D eigenvalue weighted by Crippen LogP contribution is 2.37. The van der Waals surface area contributed by atoms with Gasteiger partial charge in [0, 0.05) is 59.5 Å². The molecule has 1 aliphatic rings. The number of fused-ring (bicyclic) bond motifs is 1. The summed E-state index contributed by atoms with van der Waals surface area (Å²) in [7, 11) is 2.14. The van der Waals surface area contributed by atoms with Crippen molar-refractivity contribution in [1.82, 2.24) is 14.9 Å². The van der Waals surface area contributed by atoms with Crippen LogP contribution in [0.2, 0.25) is 0 Å². The van der Waals surface area contributed by atoms with E-state index >= 15 is 0 Å². The Hall–Kier alpha value is -2.14. The maximum Gasteiger partial charge on any atom is 0.0987 e. The predicted molar refractivity (Wildman–Crippen MR) is 103 cm³/mol. The van der Waals surface area contributed by atoms with Crippen LogP contribution in [0.15, 0.2) is 52.6 Å². The average Bonchev–Trinajstić information content (AvgIpc) is 3.32. The first-order chi connectivity index (χ1) is 11.8. The zero-order valence-corrected chi connectivity index (χ0v) is 14.7. The number of rotatable bonds is 5. The van der Waals surface area contributed by atoms with Crippen molar-refractivity contribution in [2.45, 2.75) is 17.7 Å². The highest BCUT2D eigenvalue weighted by atomic mass is 32.2. The van der Waals surface area contributed by atoms with Gasteiger partial charge < -0.3 is 14.9 Å². The standard InChI is InChI=1S/C19H22N4S/c1-23-11-4-7-17(23)21-10-12-24-19-15-5-2-3-6-16(15)22-18(19)14-8-9-20-13-14/h2-3,5-6,8-9,13,20,22H,4,7,10-12H2,1H3. The second-order valence-corrected chi connectivity index (χ2v) is 7.25. The molecule has 0 atom stereocenters. The van der Waals surface area contributed by atoms with E-state index in [4.69, 9.17) is 4.99 Å². The van der Waals surface area contributed by atoms with E-state index in [-0.39, 0.29) is 0 Å². The number of aliphatic imine (C=N–C) groups is 1. The number of aromatic amines is 2. The largest absolute Gasteiger partial charge is 0.367 e. The molecule has 24 heavy (non-hydrogen) atoms. The van der Waals surface area contributed by atoms with E-state index in [0.29, 0.717) is 0 Å². The first-order valence-corrected chi connectivity index (χ1v) is 9.42. The summed E-state index contributed by atoms with van der Waals surface area (Å²) in [6.45, 7) is 2.02. The average molecular weight is 338 g/mol. The van der Waals surface area contributed by atoms with Crippen molar-refractivity contribution < 1.29 is 0 Å². The molecule has 0 unspecified atom stereocenters. The Morgan fingerprint density at radius 3 is 2.96 bits per heavy atom. The first-order valence-electron chi connectivity index (χ1n) is 8.44. The summed E-state index contributed by atoms with van der Waals surface area (Å²) in [6.07, 6.45) is 6.38. The summed E-state index contributed by atoms with van der Waals surface area (Å²) in [5.74, 6) is 2.26. The molecule has 4 nitrogen and oxygen atoms in total. The molecule has 0 amide bonds. The van der Waals surface area contributed by atoms with E-state index in [0.717, 1.165) is 25.3 Å². The lowest BCUT2D eigenvalue weighted by Crippen LogP contribution is -2.19. The van der Waals surface area contributed by atoms with Crippen molar-refractivity contribution in [3.8, 4) is 11.3 Å². The van der Waals surface area contributed by atoms with Gasteiger partial charge in [-0.15, -0.1) is 11.8 Å². The van der Waals surface area contributed by atoms with Gasteiger partial charge in [0.15, 0.2) is 0 Å². The molecule has 124 valence electrons. The lowest BCUT2D eigenvalue weighted by molar-refractivity contribution is 0.548. The SMILES string of the molecule is CN1CCCC1=NCCSc1c(-c2cc[nH]c2)[nH]c2ccccc12. The van der Waals surface area contributed by atoms with Crippen LogP contribution >= 0.6 is 11.8 Å². The number of likely N-dealkylation sites (tertiary alicyclic amines) is 1. The minimum atomic E-state index is 0.871. The van der Waals surface area contributed by atoms with Crippen LogP contribution in [0.1, 0.15) is 12.8 Å². The molecule has 0 saturated carbocycles. The number of nitrogens with one attached hydrogen (secondary N) is 2. The van der Waals surface area contributed by atoms with Crippen molar-refractivity contribution >= 4 is 28.5 Å². The van der Waals surface area contributed by atoms with Gasteiger partial charge in [0.25, 0.3) is 0 Å². The van der Waals surface area contributed by atoms with E-state index in [2.05, 4.69) is 52.2 Å². The van der Waals surface area contributed by atoms with Gasteiger partial charge in [-0.05, 0) is 18.6 Å². The zero-order chi connectivity index (χ0) is 16.4. The van der Waals surface area contributed by atoms with E-state index < -0.39 is 0 Å². The minimum Gasteiger partial charge on any atom is -0.367 e. The lowest BCUT2D eigenvalue weighted by atomic mass is 10.2.